The molecule has 0 bridgehead atoms. The molecule has 1 aromatic heterocycles. The zero-order chi connectivity index (χ0) is 19.5. The Balaban J connectivity index is 1.31. The summed E-state index contributed by atoms with van der Waals surface area (Å²) in [4.78, 5) is 11.8. The van der Waals surface area contributed by atoms with Crippen LogP contribution in [0.5, 0.6) is 11.5 Å². The van der Waals surface area contributed by atoms with E-state index >= 15 is 0 Å². The number of halogens is 1. The maximum Gasteiger partial charge on any atom is 0.344 e. The molecule has 144 valence electrons. The molecule has 28 heavy (non-hydrogen) atoms. The lowest BCUT2D eigenvalue weighted by molar-refractivity contribution is -0.147. The van der Waals surface area contributed by atoms with Crippen LogP contribution in [0.2, 0.25) is 5.02 Å². The van der Waals surface area contributed by atoms with Gasteiger partial charge in [-0.25, -0.2) is 4.79 Å². The standard InChI is InChI=1S/C21H18ClNO5/c1-13-8-15-9-14(2-7-19(15)27-13)20-10-17(23-28-20)11-26-21(24)12-25-18-5-3-16(22)4-6-18/h2-7,9-10,13H,8,11-12H2,1H3. The van der Waals surface area contributed by atoms with E-state index in [4.69, 9.17) is 30.3 Å². The van der Waals surface area contributed by atoms with Gasteiger partial charge < -0.3 is 18.7 Å². The Morgan fingerprint density at radius 3 is 2.86 bits per heavy atom. The normalized spacial score (nSPS) is 15.0. The van der Waals surface area contributed by atoms with Gasteiger partial charge >= 0.3 is 5.97 Å². The second-order valence-electron chi connectivity index (χ2n) is 6.54. The third kappa shape index (κ3) is 4.28. The minimum Gasteiger partial charge on any atom is -0.490 e. The van der Waals surface area contributed by atoms with Crippen LogP contribution in [0, 0.1) is 0 Å². The highest BCUT2D eigenvalue weighted by molar-refractivity contribution is 6.30. The lowest BCUT2D eigenvalue weighted by atomic mass is 10.1. The van der Waals surface area contributed by atoms with Crippen molar-refractivity contribution in [2.24, 2.45) is 0 Å². The molecule has 3 aromatic rings. The fourth-order valence-electron chi connectivity index (χ4n) is 2.96. The van der Waals surface area contributed by atoms with Crippen LogP contribution in [0.3, 0.4) is 0 Å². The van der Waals surface area contributed by atoms with Gasteiger partial charge in [0.05, 0.1) is 0 Å². The van der Waals surface area contributed by atoms with Gasteiger partial charge in [-0.1, -0.05) is 16.8 Å². The Labute approximate surface area is 167 Å². The van der Waals surface area contributed by atoms with Gasteiger partial charge in [0.25, 0.3) is 0 Å². The Hall–Kier alpha value is -2.99. The zero-order valence-corrected chi connectivity index (χ0v) is 15.9. The monoisotopic (exact) mass is 399 g/mol. The van der Waals surface area contributed by atoms with Crippen molar-refractivity contribution in [2.75, 3.05) is 6.61 Å². The zero-order valence-electron chi connectivity index (χ0n) is 15.2. The summed E-state index contributed by atoms with van der Waals surface area (Å²) in [7, 11) is 0. The number of carbonyl (C=O) groups is 1. The molecular formula is C21H18ClNO5. The molecule has 1 atom stereocenters. The number of nitrogens with zero attached hydrogens (tertiary/aromatic N) is 1. The number of aromatic nitrogens is 1. The molecule has 0 saturated carbocycles. The van der Waals surface area contributed by atoms with Crippen molar-refractivity contribution in [1.29, 1.82) is 0 Å². The summed E-state index contributed by atoms with van der Waals surface area (Å²) in [6.45, 7) is 1.85. The molecule has 1 unspecified atom stereocenters. The maximum atomic E-state index is 11.8. The average Bonchev–Trinajstić information content (AvgIpc) is 3.30. The largest absolute Gasteiger partial charge is 0.490 e. The average molecular weight is 400 g/mol. The number of hydrogen-bond donors (Lipinski definition) is 0. The predicted molar refractivity (Wildman–Crippen MR) is 102 cm³/mol. The number of ether oxygens (including phenoxy) is 3. The quantitative estimate of drug-likeness (QED) is 0.570. The summed E-state index contributed by atoms with van der Waals surface area (Å²) >= 11 is 5.80. The van der Waals surface area contributed by atoms with E-state index < -0.39 is 5.97 Å². The smallest absolute Gasteiger partial charge is 0.344 e. The maximum absolute atomic E-state index is 11.8. The molecule has 0 aliphatic carbocycles. The minimum atomic E-state index is -0.497. The number of hydrogen-bond acceptors (Lipinski definition) is 6. The minimum absolute atomic E-state index is 0.0113. The van der Waals surface area contributed by atoms with Crippen LogP contribution < -0.4 is 9.47 Å². The highest BCUT2D eigenvalue weighted by Crippen LogP contribution is 2.33. The van der Waals surface area contributed by atoms with Gasteiger partial charge in [0.15, 0.2) is 12.4 Å². The fourth-order valence-corrected chi connectivity index (χ4v) is 3.09. The summed E-state index contributed by atoms with van der Waals surface area (Å²) in [5.74, 6) is 1.57. The topological polar surface area (TPSA) is 70.8 Å². The van der Waals surface area contributed by atoms with E-state index in [2.05, 4.69) is 5.16 Å². The Kier molecular flexibility index (Phi) is 5.21. The lowest BCUT2D eigenvalue weighted by Crippen LogP contribution is -2.14. The molecule has 0 saturated heterocycles. The van der Waals surface area contributed by atoms with Crippen molar-refractivity contribution >= 4 is 17.6 Å². The molecule has 4 rings (SSSR count). The third-order valence-electron chi connectivity index (χ3n) is 4.29. The lowest BCUT2D eigenvalue weighted by Gasteiger charge is -2.05. The highest BCUT2D eigenvalue weighted by Gasteiger charge is 2.20. The number of esters is 1. The first kappa shape index (κ1) is 18.4. The molecule has 2 heterocycles. The first-order chi connectivity index (χ1) is 13.6. The Morgan fingerprint density at radius 2 is 2.04 bits per heavy atom. The number of carbonyl (C=O) groups excluding carboxylic acids is 1. The highest BCUT2D eigenvalue weighted by atomic mass is 35.5. The number of rotatable bonds is 6. The van der Waals surface area contributed by atoms with E-state index in [1.165, 1.54) is 0 Å². The van der Waals surface area contributed by atoms with Crippen LogP contribution in [-0.2, 0) is 22.6 Å². The molecular weight excluding hydrogens is 382 g/mol. The van der Waals surface area contributed by atoms with Crippen LogP contribution in [-0.4, -0.2) is 23.8 Å². The summed E-state index contributed by atoms with van der Waals surface area (Å²) in [5.41, 5.74) is 2.58. The van der Waals surface area contributed by atoms with E-state index in [9.17, 15) is 4.79 Å². The fraction of sp³-hybridized carbons (Fsp3) is 0.238. The van der Waals surface area contributed by atoms with Crippen molar-refractivity contribution in [3.63, 3.8) is 0 Å². The van der Waals surface area contributed by atoms with Gasteiger partial charge in [-0.2, -0.15) is 0 Å². The Morgan fingerprint density at radius 1 is 1.21 bits per heavy atom. The van der Waals surface area contributed by atoms with Gasteiger partial charge in [-0.05, 0) is 55.0 Å². The second kappa shape index (κ2) is 7.94. The van der Waals surface area contributed by atoms with Crippen molar-refractivity contribution in [2.45, 2.75) is 26.1 Å². The van der Waals surface area contributed by atoms with Crippen LogP contribution in [0.25, 0.3) is 11.3 Å². The van der Waals surface area contributed by atoms with Crippen LogP contribution >= 0.6 is 11.6 Å². The molecule has 0 fully saturated rings. The summed E-state index contributed by atoms with van der Waals surface area (Å²) < 4.78 is 21.6. The number of benzene rings is 2. The van der Waals surface area contributed by atoms with E-state index in [-0.39, 0.29) is 19.3 Å². The Bertz CT molecular complexity index is 983. The van der Waals surface area contributed by atoms with Crippen molar-refractivity contribution in [1.82, 2.24) is 5.16 Å². The molecule has 7 heteroatoms. The van der Waals surface area contributed by atoms with Gasteiger partial charge in [0.1, 0.15) is 29.9 Å². The van der Waals surface area contributed by atoms with Gasteiger partial charge in [-0.3, -0.25) is 0 Å². The van der Waals surface area contributed by atoms with E-state index in [1.807, 2.05) is 25.1 Å². The molecule has 0 radical (unpaired) electrons. The summed E-state index contributed by atoms with van der Waals surface area (Å²) in [5, 5.41) is 4.56. The van der Waals surface area contributed by atoms with Crippen molar-refractivity contribution < 1.29 is 23.5 Å². The summed E-state index contributed by atoms with van der Waals surface area (Å²) in [6, 6.07) is 14.4. The van der Waals surface area contributed by atoms with E-state index in [0.717, 1.165) is 23.3 Å². The molecule has 0 N–H and O–H groups in total. The first-order valence-corrected chi connectivity index (χ1v) is 9.24. The number of fused-ring (bicyclic) bond motifs is 1. The SMILES string of the molecule is CC1Cc2cc(-c3cc(COC(=O)COc4ccc(Cl)cc4)no3)ccc2O1. The van der Waals surface area contributed by atoms with Crippen LogP contribution in [0.15, 0.2) is 53.1 Å². The third-order valence-corrected chi connectivity index (χ3v) is 4.54. The molecule has 6 nitrogen and oxygen atoms in total. The molecule has 0 amide bonds. The second-order valence-corrected chi connectivity index (χ2v) is 6.98. The van der Waals surface area contributed by atoms with Gasteiger partial charge in [0.2, 0.25) is 0 Å². The molecule has 0 spiro atoms. The molecule has 2 aromatic carbocycles. The first-order valence-electron chi connectivity index (χ1n) is 8.86. The van der Waals surface area contributed by atoms with Gasteiger partial charge in [-0.15, -0.1) is 0 Å². The van der Waals surface area contributed by atoms with Crippen LogP contribution in [0.1, 0.15) is 18.2 Å². The molecule has 1 aliphatic rings. The van der Waals surface area contributed by atoms with E-state index in [0.29, 0.717) is 22.2 Å². The van der Waals surface area contributed by atoms with E-state index in [1.54, 1.807) is 30.3 Å². The predicted octanol–water partition coefficient (Wildman–Crippen LogP) is 4.44. The molecule has 1 aliphatic heterocycles. The van der Waals surface area contributed by atoms with Crippen molar-refractivity contribution in [3.8, 4) is 22.8 Å². The van der Waals surface area contributed by atoms with Gasteiger partial charge in [0, 0.05) is 23.1 Å². The van der Waals surface area contributed by atoms with Crippen LogP contribution in [0.4, 0.5) is 0 Å². The van der Waals surface area contributed by atoms with Crippen molar-refractivity contribution in [3.05, 3.63) is 64.8 Å². The summed E-state index contributed by atoms with van der Waals surface area (Å²) in [6.07, 6.45) is 1.06.